The molecule has 0 aliphatic rings. The van der Waals surface area contributed by atoms with Gasteiger partial charge in [0, 0.05) is 24.0 Å². The molecule has 1 N–H and O–H groups in total. The Balaban J connectivity index is 2.91. The van der Waals surface area contributed by atoms with Gasteiger partial charge < -0.3 is 10.2 Å². The molecule has 0 saturated carbocycles. The van der Waals surface area contributed by atoms with Crippen LogP contribution in [0.1, 0.15) is 33.3 Å². The molecule has 0 aromatic heterocycles. The lowest BCUT2D eigenvalue weighted by molar-refractivity contribution is -0.112. The number of hydrogen-bond donors (Lipinski definition) is 1. The van der Waals surface area contributed by atoms with E-state index in [1.54, 1.807) is 6.20 Å². The van der Waals surface area contributed by atoms with Crippen LogP contribution in [0.4, 0.5) is 5.69 Å². The molecule has 0 aliphatic heterocycles. The molecule has 21 heavy (non-hydrogen) atoms. The predicted octanol–water partition coefficient (Wildman–Crippen LogP) is 3.46. The van der Waals surface area contributed by atoms with Crippen molar-refractivity contribution in [3.8, 4) is 6.07 Å². The summed E-state index contributed by atoms with van der Waals surface area (Å²) in [5, 5.41) is 12.0. The monoisotopic (exact) mass is 285 g/mol. The number of hydrogen-bond acceptors (Lipinski definition) is 3. The first kappa shape index (κ1) is 16.8. The molecule has 0 saturated heterocycles. The van der Waals surface area contributed by atoms with Gasteiger partial charge in [-0.2, -0.15) is 5.26 Å². The molecule has 0 spiro atoms. The number of anilines is 1. The van der Waals surface area contributed by atoms with Crippen LogP contribution in [0.3, 0.4) is 0 Å². The summed E-state index contributed by atoms with van der Waals surface area (Å²) in [4.78, 5) is 14.2. The zero-order chi connectivity index (χ0) is 16.0. The van der Waals surface area contributed by atoms with Gasteiger partial charge in [0.15, 0.2) is 0 Å². The van der Waals surface area contributed by atoms with E-state index in [4.69, 9.17) is 0 Å². The van der Waals surface area contributed by atoms with Crippen molar-refractivity contribution in [1.29, 1.82) is 5.26 Å². The average molecular weight is 285 g/mol. The van der Waals surface area contributed by atoms with Crippen molar-refractivity contribution in [2.45, 2.75) is 40.2 Å². The molecule has 1 rings (SSSR count). The maximum Gasteiger partial charge on any atom is 0.267 e. The summed E-state index contributed by atoms with van der Waals surface area (Å²) in [5.41, 5.74) is 1.77. The van der Waals surface area contributed by atoms with Crippen LogP contribution in [0.25, 0.3) is 0 Å². The van der Waals surface area contributed by atoms with Crippen LogP contribution >= 0.6 is 0 Å². The van der Waals surface area contributed by atoms with Crippen LogP contribution in [0.5, 0.6) is 0 Å². The highest BCUT2D eigenvalue weighted by Crippen LogP contribution is 2.16. The minimum atomic E-state index is -0.385. The minimum Gasteiger partial charge on any atom is -0.372 e. The Hall–Kier alpha value is -2.28. The van der Waals surface area contributed by atoms with Crippen LogP contribution in [0, 0.1) is 18.3 Å². The normalized spacial score (nSPS) is 11.7. The third kappa shape index (κ3) is 4.96. The van der Waals surface area contributed by atoms with Crippen molar-refractivity contribution >= 4 is 11.6 Å². The van der Waals surface area contributed by atoms with Crippen LogP contribution in [-0.2, 0) is 4.79 Å². The second-order valence-corrected chi connectivity index (χ2v) is 5.93. The first-order chi connectivity index (χ1) is 9.77. The molecule has 0 atom stereocenters. The van der Waals surface area contributed by atoms with E-state index in [-0.39, 0.29) is 17.0 Å². The molecular formula is C17H23N3O. The van der Waals surface area contributed by atoms with Gasteiger partial charge in [0.2, 0.25) is 0 Å². The summed E-state index contributed by atoms with van der Waals surface area (Å²) in [7, 11) is 0. The van der Waals surface area contributed by atoms with Crippen molar-refractivity contribution in [3.05, 3.63) is 41.6 Å². The summed E-state index contributed by atoms with van der Waals surface area (Å²) >= 11 is 0. The second kappa shape index (κ2) is 6.94. The van der Waals surface area contributed by atoms with Crippen LogP contribution in [-0.4, -0.2) is 22.9 Å². The standard InChI is InChI=1S/C17H23N3O/c1-6-20(17(3,4)5)12-14(11-18)16(21)19-15-9-7-13(2)8-10-15/h7-10,12H,6H2,1-5H3,(H,19,21)/b14-12-. The maximum atomic E-state index is 12.2. The minimum absolute atomic E-state index is 0.104. The van der Waals surface area contributed by atoms with Crippen molar-refractivity contribution in [1.82, 2.24) is 4.90 Å². The molecule has 0 radical (unpaired) electrons. The van der Waals surface area contributed by atoms with E-state index in [1.807, 2.05) is 69.9 Å². The highest BCUT2D eigenvalue weighted by molar-refractivity contribution is 6.06. The number of benzene rings is 1. The summed E-state index contributed by atoms with van der Waals surface area (Å²) in [6.45, 7) is 10.8. The summed E-state index contributed by atoms with van der Waals surface area (Å²) in [6.07, 6.45) is 1.63. The zero-order valence-electron chi connectivity index (χ0n) is 13.4. The van der Waals surface area contributed by atoms with Crippen molar-refractivity contribution in [3.63, 3.8) is 0 Å². The molecule has 0 fully saturated rings. The van der Waals surface area contributed by atoms with E-state index in [2.05, 4.69) is 5.32 Å². The van der Waals surface area contributed by atoms with Crippen molar-refractivity contribution < 1.29 is 4.79 Å². The molecule has 1 aromatic rings. The number of rotatable bonds is 4. The van der Waals surface area contributed by atoms with E-state index in [1.165, 1.54) is 0 Å². The Bertz CT molecular complexity index is 559. The lowest BCUT2D eigenvalue weighted by atomic mass is 10.1. The Morgan fingerprint density at radius 1 is 1.33 bits per heavy atom. The van der Waals surface area contributed by atoms with Gasteiger partial charge in [0.05, 0.1) is 0 Å². The summed E-state index contributed by atoms with van der Waals surface area (Å²) < 4.78 is 0. The molecule has 1 amide bonds. The molecule has 4 heteroatoms. The van der Waals surface area contributed by atoms with E-state index in [0.29, 0.717) is 5.69 Å². The molecule has 112 valence electrons. The third-order valence-electron chi connectivity index (χ3n) is 3.16. The maximum absolute atomic E-state index is 12.2. The highest BCUT2D eigenvalue weighted by atomic mass is 16.1. The van der Waals surface area contributed by atoms with Gasteiger partial charge in [-0.3, -0.25) is 4.79 Å². The first-order valence-corrected chi connectivity index (χ1v) is 7.04. The lowest BCUT2D eigenvalue weighted by Gasteiger charge is -2.33. The number of nitrogens with one attached hydrogen (secondary N) is 1. The molecule has 0 bridgehead atoms. The average Bonchev–Trinajstić information content (AvgIpc) is 2.41. The topological polar surface area (TPSA) is 56.1 Å². The Labute approximate surface area is 127 Å². The fraction of sp³-hybridized carbons (Fsp3) is 0.412. The Morgan fingerprint density at radius 2 is 1.90 bits per heavy atom. The van der Waals surface area contributed by atoms with Gasteiger partial charge in [-0.1, -0.05) is 17.7 Å². The van der Waals surface area contributed by atoms with E-state index >= 15 is 0 Å². The molecule has 0 unspecified atom stereocenters. The van der Waals surface area contributed by atoms with Gasteiger partial charge in [0.25, 0.3) is 5.91 Å². The highest BCUT2D eigenvalue weighted by Gasteiger charge is 2.19. The van der Waals surface area contributed by atoms with Crippen LogP contribution in [0.2, 0.25) is 0 Å². The number of carbonyl (C=O) groups is 1. The molecule has 1 aromatic carbocycles. The SMILES string of the molecule is CCN(/C=C(/C#N)C(=O)Nc1ccc(C)cc1)C(C)(C)C. The van der Waals surface area contributed by atoms with Gasteiger partial charge in [0.1, 0.15) is 11.6 Å². The number of aryl methyl sites for hydroxylation is 1. The third-order valence-corrected chi connectivity index (χ3v) is 3.16. The van der Waals surface area contributed by atoms with E-state index in [0.717, 1.165) is 12.1 Å². The quantitative estimate of drug-likeness (QED) is 0.681. The van der Waals surface area contributed by atoms with Gasteiger partial charge in [-0.05, 0) is 46.8 Å². The van der Waals surface area contributed by atoms with Gasteiger partial charge in [-0.25, -0.2) is 0 Å². The van der Waals surface area contributed by atoms with Crippen molar-refractivity contribution in [2.75, 3.05) is 11.9 Å². The second-order valence-electron chi connectivity index (χ2n) is 5.93. The van der Waals surface area contributed by atoms with E-state index < -0.39 is 0 Å². The first-order valence-electron chi connectivity index (χ1n) is 7.04. The number of amides is 1. The molecule has 0 heterocycles. The van der Waals surface area contributed by atoms with Gasteiger partial charge >= 0.3 is 0 Å². The summed E-state index contributed by atoms with van der Waals surface area (Å²) in [6, 6.07) is 9.45. The summed E-state index contributed by atoms with van der Waals surface area (Å²) in [5.74, 6) is -0.385. The molecular weight excluding hydrogens is 262 g/mol. The van der Waals surface area contributed by atoms with Crippen LogP contribution in [0.15, 0.2) is 36.0 Å². The number of nitrogens with zero attached hydrogens (tertiary/aromatic N) is 2. The number of nitriles is 1. The fourth-order valence-electron chi connectivity index (χ4n) is 1.89. The van der Waals surface area contributed by atoms with E-state index in [9.17, 15) is 10.1 Å². The van der Waals surface area contributed by atoms with Gasteiger partial charge in [-0.15, -0.1) is 0 Å². The smallest absolute Gasteiger partial charge is 0.267 e. The largest absolute Gasteiger partial charge is 0.372 e. The Kier molecular flexibility index (Phi) is 5.54. The van der Waals surface area contributed by atoms with Crippen LogP contribution < -0.4 is 5.32 Å². The number of carbonyl (C=O) groups excluding carboxylic acids is 1. The fourth-order valence-corrected chi connectivity index (χ4v) is 1.89. The zero-order valence-corrected chi connectivity index (χ0v) is 13.4. The molecule has 0 aliphatic carbocycles. The van der Waals surface area contributed by atoms with Crippen molar-refractivity contribution in [2.24, 2.45) is 0 Å². The predicted molar refractivity (Wildman–Crippen MR) is 85.6 cm³/mol. The Morgan fingerprint density at radius 3 is 2.33 bits per heavy atom. The lowest BCUT2D eigenvalue weighted by Crippen LogP contribution is -2.37. The molecule has 4 nitrogen and oxygen atoms in total.